The zero-order chi connectivity index (χ0) is 29.1. The van der Waals surface area contributed by atoms with Crippen LogP contribution in [0, 0.1) is 44.6 Å². The molecule has 4 rings (SSSR count). The Kier molecular flexibility index (Phi) is 11.4. The van der Waals surface area contributed by atoms with Gasteiger partial charge >= 0.3 is 0 Å². The largest absolute Gasteiger partial charge is 0.392 e. The van der Waals surface area contributed by atoms with E-state index in [1.54, 1.807) is 0 Å². The number of hydrogen-bond donors (Lipinski definition) is 2. The van der Waals surface area contributed by atoms with E-state index >= 15 is 0 Å². The molecule has 0 spiro atoms. The molecule has 3 aromatic carbocycles. The summed E-state index contributed by atoms with van der Waals surface area (Å²) in [5, 5.41) is 19.5. The fourth-order valence-corrected chi connectivity index (χ4v) is 4.44. The number of rotatable bonds is 4. The van der Waals surface area contributed by atoms with Crippen LogP contribution in [0.3, 0.4) is 0 Å². The Bertz CT molecular complexity index is 1290. The van der Waals surface area contributed by atoms with Gasteiger partial charge in [0.1, 0.15) is 0 Å². The number of para-hydroxylation sites is 2. The average Bonchev–Trinajstić information content (AvgIpc) is 2.81. The third kappa shape index (κ3) is 9.04. The number of aliphatic hydroxyl groups is 2. The Morgan fingerprint density at radius 2 is 1.12 bits per heavy atom. The topological polar surface area (TPSA) is 66.2 Å². The maximum Gasteiger partial charge on any atom is 0.0875 e. The van der Waals surface area contributed by atoms with Gasteiger partial charge in [0.2, 0.25) is 0 Å². The fraction of sp³-hybridized carbons (Fsp3) is 0.429. The molecule has 0 saturated carbocycles. The normalized spacial score (nSPS) is 13.2. The zero-order valence-corrected chi connectivity index (χ0v) is 28.1. The standard InChI is InChI=1S/C24H21N2.C11H24O2.Ir/c1-15-9-16(2)12-19(11-15)23-24(20-13-17(3)10-18(4)14-20)26-22-8-6-5-7-21(22)25-23;1-10(2,3)8(12)7-9(13)11(4,5)6;/h5-13H,1-4H3;8-9,12-13H,7H2,1-6H3;/q-1;;. The van der Waals surface area contributed by atoms with Gasteiger partial charge in [-0.15, -0.1) is 34.9 Å². The minimum absolute atomic E-state index is 0. The van der Waals surface area contributed by atoms with Crippen molar-refractivity contribution in [3.63, 3.8) is 0 Å². The van der Waals surface area contributed by atoms with Gasteiger partial charge in [-0.05, 0) is 42.4 Å². The van der Waals surface area contributed by atoms with E-state index < -0.39 is 12.2 Å². The summed E-state index contributed by atoms with van der Waals surface area (Å²) in [6, 6.07) is 22.3. The second kappa shape index (κ2) is 13.5. The smallest absolute Gasteiger partial charge is 0.0875 e. The summed E-state index contributed by atoms with van der Waals surface area (Å²) in [6.45, 7) is 20.3. The zero-order valence-electron chi connectivity index (χ0n) is 25.7. The summed E-state index contributed by atoms with van der Waals surface area (Å²) in [7, 11) is 0. The minimum Gasteiger partial charge on any atom is -0.392 e. The van der Waals surface area contributed by atoms with Crippen LogP contribution in [0.5, 0.6) is 0 Å². The van der Waals surface area contributed by atoms with Crippen LogP contribution in [0.25, 0.3) is 33.5 Å². The first-order valence-electron chi connectivity index (χ1n) is 13.8. The van der Waals surface area contributed by atoms with Crippen LogP contribution in [0.15, 0.2) is 54.6 Å². The number of aryl methyl sites for hydroxylation is 4. The molecule has 2 unspecified atom stereocenters. The number of hydrogen-bond acceptors (Lipinski definition) is 4. The number of aromatic nitrogens is 2. The van der Waals surface area contributed by atoms with Gasteiger partial charge in [-0.2, -0.15) is 0 Å². The van der Waals surface area contributed by atoms with E-state index in [0.29, 0.717) is 6.42 Å². The first-order chi connectivity index (χ1) is 18.0. The number of nitrogens with zero attached hydrogens (tertiary/aromatic N) is 2. The molecule has 2 atom stereocenters. The fourth-order valence-electron chi connectivity index (χ4n) is 4.44. The Morgan fingerprint density at radius 1 is 0.675 bits per heavy atom. The first-order valence-corrected chi connectivity index (χ1v) is 13.8. The van der Waals surface area contributed by atoms with Gasteiger partial charge in [0, 0.05) is 32.2 Å². The van der Waals surface area contributed by atoms with Crippen molar-refractivity contribution in [3.8, 4) is 22.5 Å². The Labute approximate surface area is 254 Å². The van der Waals surface area contributed by atoms with Gasteiger partial charge < -0.3 is 10.2 Å². The number of benzene rings is 3. The van der Waals surface area contributed by atoms with Gasteiger partial charge in [0.15, 0.2) is 0 Å². The van der Waals surface area contributed by atoms with Crippen molar-refractivity contribution in [1.29, 1.82) is 0 Å². The van der Waals surface area contributed by atoms with E-state index in [4.69, 9.17) is 9.97 Å². The second-order valence-corrected chi connectivity index (χ2v) is 13.0. The van der Waals surface area contributed by atoms with E-state index in [1.807, 2.05) is 65.8 Å². The third-order valence-corrected chi connectivity index (χ3v) is 6.91. The van der Waals surface area contributed by atoms with Crippen molar-refractivity contribution in [1.82, 2.24) is 9.97 Å². The van der Waals surface area contributed by atoms with Crippen molar-refractivity contribution in [2.45, 2.75) is 87.9 Å². The summed E-state index contributed by atoms with van der Waals surface area (Å²) >= 11 is 0. The van der Waals surface area contributed by atoms with Crippen molar-refractivity contribution in [2.75, 3.05) is 0 Å². The van der Waals surface area contributed by atoms with E-state index in [0.717, 1.165) is 39.1 Å². The molecule has 2 N–H and O–H groups in total. The molecule has 40 heavy (non-hydrogen) atoms. The number of aliphatic hydroxyl groups excluding tert-OH is 2. The molecule has 4 nitrogen and oxygen atoms in total. The molecule has 0 bridgehead atoms. The Morgan fingerprint density at radius 3 is 1.57 bits per heavy atom. The number of fused-ring (bicyclic) bond motifs is 1. The molecule has 0 amide bonds. The van der Waals surface area contributed by atoms with Crippen LogP contribution < -0.4 is 0 Å². The van der Waals surface area contributed by atoms with Gasteiger partial charge in [0.25, 0.3) is 0 Å². The van der Waals surface area contributed by atoms with Crippen molar-refractivity contribution < 1.29 is 30.3 Å². The molecule has 5 heteroatoms. The van der Waals surface area contributed by atoms with Crippen molar-refractivity contribution >= 4 is 11.0 Å². The molecular weight excluding hydrogens is 673 g/mol. The molecular formula is C35H45IrN2O2-. The van der Waals surface area contributed by atoms with E-state index in [9.17, 15) is 10.2 Å². The molecule has 0 saturated heterocycles. The predicted molar refractivity (Wildman–Crippen MR) is 164 cm³/mol. The van der Waals surface area contributed by atoms with Crippen LogP contribution in [-0.4, -0.2) is 32.4 Å². The summed E-state index contributed by atoms with van der Waals surface area (Å²) in [6.07, 6.45) is -0.434. The SMILES string of the molecule is CC(C)(C)C(O)CC(O)C(C)(C)C.Cc1[c-]c(-c2nc3ccccc3nc2-c2cc(C)cc(C)c2)cc(C)c1.[Ir]. The quantitative estimate of drug-likeness (QED) is 0.209. The third-order valence-electron chi connectivity index (χ3n) is 6.91. The molecule has 1 radical (unpaired) electrons. The molecule has 1 aromatic heterocycles. The van der Waals surface area contributed by atoms with Gasteiger partial charge in [-0.3, -0.25) is 9.97 Å². The summed E-state index contributed by atoms with van der Waals surface area (Å²) in [5.41, 5.74) is 10.2. The first kappa shape index (κ1) is 33.8. The van der Waals surface area contributed by atoms with Gasteiger partial charge in [-0.25, -0.2) is 0 Å². The monoisotopic (exact) mass is 718 g/mol. The van der Waals surface area contributed by atoms with E-state index in [1.165, 1.54) is 16.7 Å². The predicted octanol–water partition coefficient (Wildman–Crippen LogP) is 8.19. The van der Waals surface area contributed by atoms with E-state index in [2.05, 4.69) is 64.1 Å². The van der Waals surface area contributed by atoms with Crippen LogP contribution in [0.4, 0.5) is 0 Å². The van der Waals surface area contributed by atoms with Crippen LogP contribution in [-0.2, 0) is 20.1 Å². The molecule has 0 fully saturated rings. The molecule has 217 valence electrons. The maximum atomic E-state index is 9.76. The van der Waals surface area contributed by atoms with Crippen molar-refractivity contribution in [3.05, 3.63) is 82.9 Å². The molecule has 0 aliphatic rings. The molecule has 0 aliphatic carbocycles. The molecule has 1 heterocycles. The minimum atomic E-state index is -0.443. The van der Waals surface area contributed by atoms with Crippen LogP contribution in [0.1, 0.15) is 70.2 Å². The molecule has 0 aliphatic heterocycles. The summed E-state index contributed by atoms with van der Waals surface area (Å²) < 4.78 is 0. The molecule has 4 aromatic rings. The van der Waals surface area contributed by atoms with Gasteiger partial charge in [-0.1, -0.05) is 96.8 Å². The maximum absolute atomic E-state index is 9.76. The van der Waals surface area contributed by atoms with E-state index in [-0.39, 0.29) is 30.9 Å². The van der Waals surface area contributed by atoms with Crippen LogP contribution in [0.2, 0.25) is 0 Å². The summed E-state index contributed by atoms with van der Waals surface area (Å²) in [5.74, 6) is 0. The second-order valence-electron chi connectivity index (χ2n) is 13.0. The van der Waals surface area contributed by atoms with Crippen molar-refractivity contribution in [2.24, 2.45) is 10.8 Å². The van der Waals surface area contributed by atoms with Gasteiger partial charge in [0.05, 0.1) is 28.9 Å². The average molecular weight is 718 g/mol. The Balaban J connectivity index is 0.000000344. The Hall–Kier alpha value is -2.43. The summed E-state index contributed by atoms with van der Waals surface area (Å²) in [4.78, 5) is 9.95. The van der Waals surface area contributed by atoms with Crippen LogP contribution >= 0.6 is 0 Å².